The molecule has 0 radical (unpaired) electrons. The van der Waals surface area contributed by atoms with Gasteiger partial charge in [-0.2, -0.15) is 0 Å². The van der Waals surface area contributed by atoms with Gasteiger partial charge in [0.05, 0.1) is 23.4 Å². The summed E-state index contributed by atoms with van der Waals surface area (Å²) in [7, 11) is 0. The molecule has 1 aromatic carbocycles. The molecule has 2 fully saturated rings. The Labute approximate surface area is 193 Å². The number of phenols is 1. The molecule has 0 aliphatic carbocycles. The van der Waals surface area contributed by atoms with Crippen molar-refractivity contribution in [2.45, 2.75) is 44.9 Å². The molecule has 0 bridgehead atoms. The molecule has 2 aromatic heterocycles. The maximum absolute atomic E-state index is 12.8. The van der Waals surface area contributed by atoms with Gasteiger partial charge in [0.25, 0.3) is 0 Å². The van der Waals surface area contributed by atoms with Gasteiger partial charge in [-0.25, -0.2) is 9.97 Å². The van der Waals surface area contributed by atoms with Crippen molar-refractivity contribution in [3.63, 3.8) is 0 Å². The minimum atomic E-state index is 0.0430. The first-order chi connectivity index (χ1) is 16.1. The summed E-state index contributed by atoms with van der Waals surface area (Å²) in [6.45, 7) is 5.20. The molecule has 172 valence electrons. The molecular formula is C25H29N5O3. The summed E-state index contributed by atoms with van der Waals surface area (Å²) in [5, 5.41) is 14.0. The molecule has 5 rings (SSSR count). The highest BCUT2D eigenvalue weighted by Crippen LogP contribution is 2.35. The molecule has 1 amide bonds. The summed E-state index contributed by atoms with van der Waals surface area (Å²) in [5.74, 6) is 1.89. The number of rotatable bonds is 5. The van der Waals surface area contributed by atoms with Crippen molar-refractivity contribution in [3.8, 4) is 17.1 Å². The summed E-state index contributed by atoms with van der Waals surface area (Å²) in [5.41, 5.74) is 3.36. The van der Waals surface area contributed by atoms with Gasteiger partial charge in [-0.3, -0.25) is 4.79 Å². The first kappa shape index (κ1) is 21.4. The van der Waals surface area contributed by atoms with E-state index < -0.39 is 0 Å². The van der Waals surface area contributed by atoms with Crippen molar-refractivity contribution in [1.82, 2.24) is 20.0 Å². The van der Waals surface area contributed by atoms with Crippen molar-refractivity contribution in [1.29, 1.82) is 0 Å². The van der Waals surface area contributed by atoms with E-state index in [1.807, 2.05) is 30.2 Å². The van der Waals surface area contributed by atoms with E-state index in [-0.39, 0.29) is 24.0 Å². The summed E-state index contributed by atoms with van der Waals surface area (Å²) in [4.78, 5) is 26.6. The lowest BCUT2D eigenvalue weighted by atomic mass is 9.90. The van der Waals surface area contributed by atoms with Gasteiger partial charge in [0.15, 0.2) is 5.76 Å². The number of aryl methyl sites for hydroxylation is 1. The first-order valence-electron chi connectivity index (χ1n) is 11.7. The molecule has 4 heterocycles. The lowest BCUT2D eigenvalue weighted by Crippen LogP contribution is -2.39. The van der Waals surface area contributed by atoms with Crippen molar-refractivity contribution in [2.24, 2.45) is 0 Å². The van der Waals surface area contributed by atoms with Gasteiger partial charge in [0.1, 0.15) is 5.75 Å². The Hall–Kier alpha value is -3.42. The fourth-order valence-corrected chi connectivity index (χ4v) is 4.78. The zero-order valence-electron chi connectivity index (χ0n) is 18.9. The van der Waals surface area contributed by atoms with Crippen molar-refractivity contribution >= 4 is 11.9 Å². The molecule has 1 N–H and O–H groups in total. The lowest BCUT2D eigenvalue weighted by molar-refractivity contribution is -0.131. The molecule has 0 spiro atoms. The van der Waals surface area contributed by atoms with E-state index in [2.05, 4.69) is 15.0 Å². The largest absolute Gasteiger partial charge is 0.508 e. The van der Waals surface area contributed by atoms with Gasteiger partial charge in [0, 0.05) is 49.9 Å². The highest BCUT2D eigenvalue weighted by molar-refractivity contribution is 5.79. The Bertz CT molecular complexity index is 1130. The smallest absolute Gasteiger partial charge is 0.227 e. The fraction of sp³-hybridized carbons (Fsp3) is 0.440. The fourth-order valence-electron chi connectivity index (χ4n) is 4.78. The molecule has 3 aromatic rings. The van der Waals surface area contributed by atoms with Crippen molar-refractivity contribution in [3.05, 3.63) is 53.5 Å². The van der Waals surface area contributed by atoms with Gasteiger partial charge in [0.2, 0.25) is 11.9 Å². The highest BCUT2D eigenvalue weighted by atomic mass is 16.5. The van der Waals surface area contributed by atoms with E-state index in [9.17, 15) is 9.90 Å². The van der Waals surface area contributed by atoms with E-state index in [1.165, 1.54) is 12.8 Å². The Kier molecular flexibility index (Phi) is 5.98. The second-order valence-electron chi connectivity index (χ2n) is 8.96. The van der Waals surface area contributed by atoms with E-state index in [4.69, 9.17) is 9.51 Å². The average molecular weight is 448 g/mol. The van der Waals surface area contributed by atoms with Crippen LogP contribution in [0.4, 0.5) is 5.95 Å². The zero-order chi connectivity index (χ0) is 22.8. The number of aromatic hydroxyl groups is 1. The average Bonchev–Trinajstić information content (AvgIpc) is 3.52. The van der Waals surface area contributed by atoms with Crippen LogP contribution in [0.2, 0.25) is 0 Å². The number of para-hydroxylation sites is 1. The number of piperidine rings is 1. The Morgan fingerprint density at radius 3 is 2.61 bits per heavy atom. The predicted octanol–water partition coefficient (Wildman–Crippen LogP) is 3.69. The highest BCUT2D eigenvalue weighted by Gasteiger charge is 2.29. The third-order valence-electron chi connectivity index (χ3n) is 6.66. The second-order valence-corrected chi connectivity index (χ2v) is 8.96. The SMILES string of the molecule is Cc1cc(-c2cnc(N3CCCC3)nc2C2CCN(C(=O)Cc3ccccc3O)CC2)on1. The molecule has 8 nitrogen and oxygen atoms in total. The van der Waals surface area contributed by atoms with Crippen LogP contribution in [0.3, 0.4) is 0 Å². The molecule has 0 unspecified atom stereocenters. The maximum Gasteiger partial charge on any atom is 0.227 e. The van der Waals surface area contributed by atoms with Gasteiger partial charge < -0.3 is 19.4 Å². The Balaban J connectivity index is 1.34. The molecule has 2 aliphatic heterocycles. The Morgan fingerprint density at radius 2 is 1.91 bits per heavy atom. The van der Waals surface area contributed by atoms with Crippen LogP contribution < -0.4 is 4.90 Å². The summed E-state index contributed by atoms with van der Waals surface area (Å²) < 4.78 is 5.55. The number of carbonyl (C=O) groups excluding carboxylic acids is 1. The zero-order valence-corrected chi connectivity index (χ0v) is 18.9. The standard InChI is InChI=1S/C25H29N5O3/c1-17-14-22(33-28-17)20-16-26-25(30-10-4-5-11-30)27-24(20)18-8-12-29(13-9-18)23(32)15-19-6-2-3-7-21(19)31/h2-3,6-7,14,16,18,31H,4-5,8-13,15H2,1H3. The maximum atomic E-state index is 12.8. The number of aromatic nitrogens is 3. The number of phenolic OH excluding ortho intramolecular Hbond substituents is 1. The third-order valence-corrected chi connectivity index (χ3v) is 6.66. The van der Waals surface area contributed by atoms with E-state index >= 15 is 0 Å². The van der Waals surface area contributed by atoms with Gasteiger partial charge in [-0.15, -0.1) is 0 Å². The minimum Gasteiger partial charge on any atom is -0.508 e. The van der Waals surface area contributed by atoms with Crippen LogP contribution in [0.1, 0.15) is 48.6 Å². The summed E-state index contributed by atoms with van der Waals surface area (Å²) in [6.07, 6.45) is 6.06. The van der Waals surface area contributed by atoms with Crippen LogP contribution in [0.25, 0.3) is 11.3 Å². The number of hydrogen-bond donors (Lipinski definition) is 1. The number of anilines is 1. The molecule has 2 saturated heterocycles. The lowest BCUT2D eigenvalue weighted by Gasteiger charge is -2.32. The van der Waals surface area contributed by atoms with Gasteiger partial charge >= 0.3 is 0 Å². The molecule has 0 atom stereocenters. The number of amides is 1. The van der Waals surface area contributed by atoms with Crippen LogP contribution >= 0.6 is 0 Å². The van der Waals surface area contributed by atoms with Crippen molar-refractivity contribution in [2.75, 3.05) is 31.1 Å². The monoisotopic (exact) mass is 447 g/mol. The number of likely N-dealkylation sites (tertiary alicyclic amines) is 1. The predicted molar refractivity (Wildman–Crippen MR) is 124 cm³/mol. The molecule has 33 heavy (non-hydrogen) atoms. The molecule has 8 heteroatoms. The second kappa shape index (κ2) is 9.21. The summed E-state index contributed by atoms with van der Waals surface area (Å²) in [6, 6.07) is 8.94. The third kappa shape index (κ3) is 4.55. The molecular weight excluding hydrogens is 418 g/mol. The van der Waals surface area contributed by atoms with Crippen LogP contribution in [-0.4, -0.2) is 57.2 Å². The molecule has 2 aliphatic rings. The molecule has 0 saturated carbocycles. The number of nitrogens with zero attached hydrogens (tertiary/aromatic N) is 5. The normalized spacial score (nSPS) is 17.0. The number of hydrogen-bond acceptors (Lipinski definition) is 7. The quantitative estimate of drug-likeness (QED) is 0.637. The topological polar surface area (TPSA) is 95.6 Å². The van der Waals surface area contributed by atoms with Crippen LogP contribution in [0.15, 0.2) is 41.1 Å². The van der Waals surface area contributed by atoms with Crippen LogP contribution in [0.5, 0.6) is 5.75 Å². The number of benzene rings is 1. The van der Waals surface area contributed by atoms with Crippen LogP contribution in [0, 0.1) is 6.92 Å². The van der Waals surface area contributed by atoms with E-state index in [1.54, 1.807) is 18.2 Å². The van der Waals surface area contributed by atoms with Gasteiger partial charge in [-0.1, -0.05) is 23.4 Å². The number of carbonyl (C=O) groups is 1. The van der Waals surface area contributed by atoms with Gasteiger partial charge in [-0.05, 0) is 38.7 Å². The minimum absolute atomic E-state index is 0.0430. The van der Waals surface area contributed by atoms with Crippen LogP contribution in [-0.2, 0) is 11.2 Å². The Morgan fingerprint density at radius 1 is 1.15 bits per heavy atom. The van der Waals surface area contributed by atoms with E-state index in [0.717, 1.165) is 48.8 Å². The first-order valence-corrected chi connectivity index (χ1v) is 11.7. The van der Waals surface area contributed by atoms with E-state index in [0.29, 0.717) is 24.4 Å². The van der Waals surface area contributed by atoms with Crippen molar-refractivity contribution < 1.29 is 14.4 Å². The summed E-state index contributed by atoms with van der Waals surface area (Å²) >= 11 is 0.